The number of fused-ring (bicyclic) bond motifs is 1. The first-order valence-corrected chi connectivity index (χ1v) is 7.03. The number of nitrogens with zero attached hydrogens (tertiary/aromatic N) is 1. The van der Waals surface area contributed by atoms with Crippen LogP contribution in [-0.4, -0.2) is 4.98 Å². The van der Waals surface area contributed by atoms with E-state index in [9.17, 15) is 8.78 Å². The van der Waals surface area contributed by atoms with Crippen LogP contribution in [-0.2, 0) is 0 Å². The smallest absolute Gasteiger partial charge is 0.223 e. The monoisotopic (exact) mass is 300 g/mol. The summed E-state index contributed by atoms with van der Waals surface area (Å²) in [5.41, 5.74) is 1.51. The number of nitrogens with one attached hydrogen (secondary N) is 1. The molecule has 2 nitrogen and oxygen atoms in total. The molecular weight excluding hydrogens is 290 g/mol. The summed E-state index contributed by atoms with van der Waals surface area (Å²) in [6, 6.07) is 7.56. The Morgan fingerprint density at radius 1 is 1.14 bits per heavy atom. The SMILES string of the molecule is [C-]#[N+]c1cc(Sc2c(F)cc3[nH]ccc3c2C)ccc1F. The molecule has 0 bridgehead atoms. The van der Waals surface area contributed by atoms with Crippen LogP contribution in [0, 0.1) is 25.1 Å². The molecule has 21 heavy (non-hydrogen) atoms. The van der Waals surface area contributed by atoms with E-state index in [4.69, 9.17) is 6.57 Å². The van der Waals surface area contributed by atoms with Gasteiger partial charge in [0.1, 0.15) is 11.6 Å². The lowest BCUT2D eigenvalue weighted by Gasteiger charge is -2.09. The normalized spacial score (nSPS) is 10.8. The second kappa shape index (κ2) is 5.23. The Kier molecular flexibility index (Phi) is 3.40. The Morgan fingerprint density at radius 2 is 1.95 bits per heavy atom. The van der Waals surface area contributed by atoms with Crippen LogP contribution in [0.5, 0.6) is 0 Å². The summed E-state index contributed by atoms with van der Waals surface area (Å²) < 4.78 is 27.6. The summed E-state index contributed by atoms with van der Waals surface area (Å²) in [5, 5.41) is 0.950. The van der Waals surface area contributed by atoms with E-state index in [2.05, 4.69) is 9.83 Å². The van der Waals surface area contributed by atoms with E-state index >= 15 is 0 Å². The molecule has 0 saturated carbocycles. The first-order valence-electron chi connectivity index (χ1n) is 6.21. The van der Waals surface area contributed by atoms with Crippen molar-refractivity contribution >= 4 is 28.4 Å². The van der Waals surface area contributed by atoms with Gasteiger partial charge >= 0.3 is 0 Å². The van der Waals surface area contributed by atoms with Crippen LogP contribution in [0.3, 0.4) is 0 Å². The molecule has 0 aliphatic carbocycles. The van der Waals surface area contributed by atoms with E-state index in [1.807, 2.05) is 13.0 Å². The van der Waals surface area contributed by atoms with Crippen LogP contribution in [0.25, 0.3) is 15.7 Å². The summed E-state index contributed by atoms with van der Waals surface area (Å²) in [6.45, 7) is 8.78. The Labute approximate surface area is 124 Å². The van der Waals surface area contributed by atoms with Crippen LogP contribution < -0.4 is 0 Å². The van der Waals surface area contributed by atoms with Crippen LogP contribution in [0.2, 0.25) is 0 Å². The molecule has 0 aliphatic rings. The zero-order chi connectivity index (χ0) is 15.0. The number of halogens is 2. The fourth-order valence-electron chi connectivity index (χ4n) is 2.21. The van der Waals surface area contributed by atoms with Gasteiger partial charge in [0, 0.05) is 22.0 Å². The maximum Gasteiger partial charge on any atom is 0.223 e. The Balaban J connectivity index is 2.08. The highest BCUT2D eigenvalue weighted by atomic mass is 32.2. The number of rotatable bonds is 2. The fraction of sp³-hybridized carbons (Fsp3) is 0.0625. The van der Waals surface area contributed by atoms with E-state index in [0.717, 1.165) is 16.5 Å². The molecule has 0 radical (unpaired) electrons. The standard InChI is InChI=1S/C16H10F2N2S/c1-9-11-5-6-20-14(11)8-13(18)16(9)21-10-3-4-12(17)15(7-10)19-2/h3-8,20H,1H3. The van der Waals surface area contributed by atoms with E-state index in [1.165, 1.54) is 30.0 Å². The number of hydrogen-bond donors (Lipinski definition) is 1. The van der Waals surface area contributed by atoms with Crippen molar-refractivity contribution in [2.45, 2.75) is 16.7 Å². The van der Waals surface area contributed by atoms with Crippen molar-refractivity contribution in [2.24, 2.45) is 0 Å². The number of aromatic amines is 1. The van der Waals surface area contributed by atoms with Crippen molar-refractivity contribution in [2.75, 3.05) is 0 Å². The molecule has 0 spiro atoms. The maximum atomic E-state index is 14.2. The van der Waals surface area contributed by atoms with Crippen LogP contribution in [0.15, 0.2) is 46.3 Å². The van der Waals surface area contributed by atoms with Crippen molar-refractivity contribution in [3.63, 3.8) is 0 Å². The van der Waals surface area contributed by atoms with Gasteiger partial charge in [-0.3, -0.25) is 0 Å². The molecule has 0 unspecified atom stereocenters. The first-order chi connectivity index (χ1) is 10.1. The van der Waals surface area contributed by atoms with Gasteiger partial charge in [-0.2, -0.15) is 0 Å². The molecule has 3 rings (SSSR count). The van der Waals surface area contributed by atoms with Gasteiger partial charge in [0.05, 0.1) is 11.5 Å². The van der Waals surface area contributed by atoms with Gasteiger partial charge in [0.2, 0.25) is 5.69 Å². The quantitative estimate of drug-likeness (QED) is 0.623. The predicted octanol–water partition coefficient (Wildman–Crippen LogP) is 5.46. The van der Waals surface area contributed by atoms with Gasteiger partial charge in [0.25, 0.3) is 0 Å². The fourth-order valence-corrected chi connectivity index (χ4v) is 3.17. The topological polar surface area (TPSA) is 20.1 Å². The van der Waals surface area contributed by atoms with Crippen LogP contribution in [0.1, 0.15) is 5.56 Å². The zero-order valence-corrected chi connectivity index (χ0v) is 11.9. The summed E-state index contributed by atoms with van der Waals surface area (Å²) >= 11 is 1.20. The van der Waals surface area contributed by atoms with Gasteiger partial charge in [-0.25, -0.2) is 13.6 Å². The Morgan fingerprint density at radius 3 is 2.71 bits per heavy atom. The summed E-state index contributed by atoms with van der Waals surface area (Å²) in [4.78, 5) is 7.23. The average Bonchev–Trinajstić information content (AvgIpc) is 2.93. The van der Waals surface area contributed by atoms with E-state index in [-0.39, 0.29) is 11.5 Å². The highest BCUT2D eigenvalue weighted by Gasteiger charge is 2.13. The highest BCUT2D eigenvalue weighted by molar-refractivity contribution is 7.99. The largest absolute Gasteiger partial charge is 0.361 e. The van der Waals surface area contributed by atoms with Crippen molar-refractivity contribution in [1.29, 1.82) is 0 Å². The van der Waals surface area contributed by atoms with Gasteiger partial charge in [-0.1, -0.05) is 11.8 Å². The number of aryl methyl sites for hydroxylation is 1. The minimum Gasteiger partial charge on any atom is -0.361 e. The molecule has 0 fully saturated rings. The van der Waals surface area contributed by atoms with Gasteiger partial charge in [0.15, 0.2) is 0 Å². The Bertz CT molecular complexity index is 878. The number of benzene rings is 2. The molecule has 0 saturated heterocycles. The number of aromatic nitrogens is 1. The lowest BCUT2D eigenvalue weighted by atomic mass is 10.1. The van der Waals surface area contributed by atoms with E-state index < -0.39 is 5.82 Å². The zero-order valence-electron chi connectivity index (χ0n) is 11.1. The minimum atomic E-state index is -0.562. The first kappa shape index (κ1) is 13.7. The average molecular weight is 300 g/mol. The summed E-state index contributed by atoms with van der Waals surface area (Å²) in [6.07, 6.45) is 1.76. The van der Waals surface area contributed by atoms with E-state index in [1.54, 1.807) is 12.3 Å². The molecule has 1 N–H and O–H groups in total. The third-order valence-electron chi connectivity index (χ3n) is 3.27. The Hall–Kier alpha value is -2.32. The van der Waals surface area contributed by atoms with Crippen LogP contribution in [0.4, 0.5) is 14.5 Å². The van der Waals surface area contributed by atoms with Gasteiger partial charge < -0.3 is 4.98 Å². The molecule has 0 amide bonds. The highest BCUT2D eigenvalue weighted by Crippen LogP contribution is 2.37. The molecule has 2 aromatic carbocycles. The second-order valence-electron chi connectivity index (χ2n) is 4.58. The number of hydrogen-bond acceptors (Lipinski definition) is 1. The summed E-state index contributed by atoms with van der Waals surface area (Å²) in [5.74, 6) is -0.895. The molecule has 5 heteroatoms. The summed E-state index contributed by atoms with van der Waals surface area (Å²) in [7, 11) is 0. The lowest BCUT2D eigenvalue weighted by molar-refractivity contribution is 0.602. The van der Waals surface area contributed by atoms with Crippen molar-refractivity contribution < 1.29 is 8.78 Å². The molecule has 1 aromatic heterocycles. The molecule has 0 atom stereocenters. The minimum absolute atomic E-state index is 0.0548. The second-order valence-corrected chi connectivity index (χ2v) is 5.66. The van der Waals surface area contributed by atoms with Crippen molar-refractivity contribution in [3.8, 4) is 0 Å². The van der Waals surface area contributed by atoms with E-state index in [0.29, 0.717) is 9.79 Å². The molecule has 0 aliphatic heterocycles. The maximum absolute atomic E-state index is 14.2. The predicted molar refractivity (Wildman–Crippen MR) is 79.8 cm³/mol. The van der Waals surface area contributed by atoms with Crippen molar-refractivity contribution in [1.82, 2.24) is 4.98 Å². The lowest BCUT2D eigenvalue weighted by Crippen LogP contribution is -1.88. The molecule has 104 valence electrons. The third kappa shape index (κ3) is 2.39. The van der Waals surface area contributed by atoms with Gasteiger partial charge in [-0.05, 0) is 42.8 Å². The van der Waals surface area contributed by atoms with Gasteiger partial charge in [-0.15, -0.1) is 0 Å². The number of H-pyrrole nitrogens is 1. The molecular formula is C16H10F2N2S. The van der Waals surface area contributed by atoms with Crippen LogP contribution >= 0.6 is 11.8 Å². The van der Waals surface area contributed by atoms with Crippen molar-refractivity contribution in [3.05, 3.63) is 65.1 Å². The third-order valence-corrected chi connectivity index (χ3v) is 4.46. The molecule has 1 heterocycles. The molecule has 3 aromatic rings.